The smallest absolute Gasteiger partial charge is 0.0813 e. The van der Waals surface area contributed by atoms with Crippen molar-refractivity contribution in [1.82, 2.24) is 9.97 Å². The second-order valence-corrected chi connectivity index (χ2v) is 25.1. The largest absolute Gasteiger partial charge is 0.394 e. The summed E-state index contributed by atoms with van der Waals surface area (Å²) in [5.74, 6) is 0. The minimum absolute atomic E-state index is 0.980. The fraction of sp³-hybridized carbons (Fsp3) is 0.261. The molecule has 0 aliphatic rings. The van der Waals surface area contributed by atoms with Crippen molar-refractivity contribution in [1.29, 1.82) is 0 Å². The molecule has 4 aromatic heterocycles. The van der Waals surface area contributed by atoms with Gasteiger partial charge < -0.3 is 13.8 Å². The molecule has 0 bridgehead atoms. The van der Waals surface area contributed by atoms with Crippen molar-refractivity contribution in [3.05, 3.63) is 132 Å². The Bertz CT molecular complexity index is 2370. The number of para-hydroxylation sites is 2. The zero-order chi connectivity index (χ0) is 39.4. The first-order valence-electron chi connectivity index (χ1n) is 19.4. The molecular formula is C46H50Br2N2O2Si2Zn. The summed E-state index contributed by atoms with van der Waals surface area (Å²) in [6, 6.07) is 45.1. The number of hydrogen-bond acceptors (Lipinski definition) is 4. The zero-order valence-electron chi connectivity index (χ0n) is 33.0. The molecule has 0 spiro atoms. The van der Waals surface area contributed by atoms with Crippen molar-refractivity contribution in [3.63, 3.8) is 0 Å². The number of halogens is 2. The number of pyridine rings is 2. The molecule has 8 aromatic rings. The Morgan fingerprint density at radius 2 is 1.05 bits per heavy atom. The van der Waals surface area contributed by atoms with Gasteiger partial charge in [-0.1, -0.05) is 155 Å². The molecule has 8 rings (SSSR count). The molecule has 0 aliphatic carbocycles. The average molecular weight is 944 g/mol. The standard InChI is InChI=1S/C23H25NOSi.C18H21BrOSi.C5H4N.BrH.Zn/c1-4-26(5-2,6-3)22-16-17(19-12-9-10-14-24-19)15-21-23(22)18-11-7-8-13-20(18)25-21;1-4-21(5-2,6-3)17-12-13(19)11-16-18(17)14-9-7-8-10-15(14)20-16;1-2-4-6-5-3-1;;/h7-16H,4-6H2,1-3H3;7-12H,4-6H2,1-3H3;1-4H;1H;/q;;-1;;+2/p-1. The SMILES string of the molecule is CC[Si](CC)(CC)c1cc(-c2ccccn2)cc2oc3ccccc3c12.CC[Si](CC)(CC)c1cc(Br)cc2oc3ccccc3c12.[Zn+][Br].[c-]1ccccn1. The van der Waals surface area contributed by atoms with Crippen LogP contribution in [0.5, 0.6) is 0 Å². The van der Waals surface area contributed by atoms with E-state index in [0.29, 0.717) is 0 Å². The molecule has 0 fully saturated rings. The molecule has 280 valence electrons. The predicted molar refractivity (Wildman–Crippen MR) is 244 cm³/mol. The maximum atomic E-state index is 6.28. The van der Waals surface area contributed by atoms with Gasteiger partial charge in [-0.15, -0.1) is 0 Å². The van der Waals surface area contributed by atoms with Crippen molar-refractivity contribution >= 4 is 100.0 Å². The van der Waals surface area contributed by atoms with E-state index >= 15 is 0 Å². The van der Waals surface area contributed by atoms with Gasteiger partial charge in [0.2, 0.25) is 0 Å². The van der Waals surface area contributed by atoms with Crippen LogP contribution in [0.2, 0.25) is 36.3 Å². The predicted octanol–water partition coefficient (Wildman–Crippen LogP) is 14.2. The van der Waals surface area contributed by atoms with E-state index in [2.05, 4.69) is 160 Å². The number of aromatic nitrogens is 2. The van der Waals surface area contributed by atoms with Crippen LogP contribution in [0, 0.1) is 6.20 Å². The molecule has 9 heteroatoms. The minimum atomic E-state index is -1.59. The van der Waals surface area contributed by atoms with Gasteiger partial charge in [-0.25, -0.2) is 0 Å². The molecule has 4 nitrogen and oxygen atoms in total. The molecule has 0 unspecified atom stereocenters. The molecule has 4 heterocycles. The molecule has 0 saturated heterocycles. The van der Waals surface area contributed by atoms with Crippen LogP contribution in [0.25, 0.3) is 55.1 Å². The van der Waals surface area contributed by atoms with Crippen LogP contribution in [-0.2, 0) is 16.3 Å². The summed E-state index contributed by atoms with van der Waals surface area (Å²) in [5.41, 5.74) is 6.18. The normalized spacial score (nSPS) is 11.5. The van der Waals surface area contributed by atoms with Crippen molar-refractivity contribution in [3.8, 4) is 11.3 Å². The van der Waals surface area contributed by atoms with Crippen molar-refractivity contribution in [2.24, 2.45) is 0 Å². The van der Waals surface area contributed by atoms with E-state index in [9.17, 15) is 0 Å². The number of furan rings is 2. The number of nitrogens with zero attached hydrogens (tertiary/aromatic N) is 2. The van der Waals surface area contributed by atoms with E-state index in [-0.39, 0.29) is 0 Å². The summed E-state index contributed by atoms with van der Waals surface area (Å²) in [7, 11) is -3.05. The van der Waals surface area contributed by atoms with E-state index in [1.165, 1.54) is 84.9 Å². The summed E-state index contributed by atoms with van der Waals surface area (Å²) >= 11 is 7.93. The Morgan fingerprint density at radius 1 is 0.564 bits per heavy atom. The maximum Gasteiger partial charge on any atom is -0.0813 e. The quantitative estimate of drug-likeness (QED) is 0.107. The Labute approximate surface area is 353 Å². The second-order valence-electron chi connectivity index (χ2n) is 13.8. The molecule has 4 aromatic carbocycles. The molecule has 0 radical (unpaired) electrons. The van der Waals surface area contributed by atoms with Crippen LogP contribution < -0.4 is 10.4 Å². The average Bonchev–Trinajstić information content (AvgIpc) is 3.83. The molecular weight excluding hydrogens is 894 g/mol. The van der Waals surface area contributed by atoms with E-state index in [4.69, 9.17) is 8.83 Å². The van der Waals surface area contributed by atoms with E-state index in [1.54, 1.807) is 17.4 Å². The number of rotatable bonds is 9. The van der Waals surface area contributed by atoms with Crippen LogP contribution in [0.3, 0.4) is 0 Å². The number of benzene rings is 4. The van der Waals surface area contributed by atoms with E-state index < -0.39 is 16.1 Å². The first-order chi connectivity index (χ1) is 26.9. The van der Waals surface area contributed by atoms with Gasteiger partial charge in [0.05, 0.1) is 21.8 Å². The topological polar surface area (TPSA) is 52.1 Å². The van der Waals surface area contributed by atoms with Gasteiger partial charge in [-0.2, -0.15) is 18.2 Å². The van der Waals surface area contributed by atoms with E-state index in [1.807, 2.05) is 36.5 Å². The molecule has 0 amide bonds. The van der Waals surface area contributed by atoms with Crippen molar-refractivity contribution < 1.29 is 25.2 Å². The summed E-state index contributed by atoms with van der Waals surface area (Å²) in [6.45, 7) is 14.2. The third-order valence-electron chi connectivity index (χ3n) is 11.6. The fourth-order valence-corrected chi connectivity index (χ4v) is 16.5. The minimum Gasteiger partial charge on any atom is -0.394 e. The van der Waals surface area contributed by atoms with Gasteiger partial charge >= 0.3 is 30.0 Å². The van der Waals surface area contributed by atoms with Gasteiger partial charge in [0.25, 0.3) is 0 Å². The van der Waals surface area contributed by atoms with Gasteiger partial charge in [0.1, 0.15) is 22.3 Å². The number of fused-ring (bicyclic) bond motifs is 6. The third kappa shape index (κ3) is 9.18. The summed E-state index contributed by atoms with van der Waals surface area (Å²) in [5, 5.41) is 8.29. The van der Waals surface area contributed by atoms with Crippen LogP contribution in [0.4, 0.5) is 0 Å². The second kappa shape index (κ2) is 20.3. The van der Waals surface area contributed by atoms with Crippen molar-refractivity contribution in [2.75, 3.05) is 0 Å². The fourth-order valence-electron chi connectivity index (χ4n) is 8.11. The monoisotopic (exact) mass is 940 g/mol. The summed E-state index contributed by atoms with van der Waals surface area (Å²) < 4.78 is 13.5. The van der Waals surface area contributed by atoms with Crippen LogP contribution >= 0.6 is 29.6 Å². The van der Waals surface area contributed by atoms with Crippen molar-refractivity contribution in [2.45, 2.75) is 77.8 Å². The Hall–Kier alpha value is -3.20. The number of hydrogen-bond donors (Lipinski definition) is 0. The Balaban J connectivity index is 0.000000179. The van der Waals surface area contributed by atoms with Gasteiger partial charge in [0, 0.05) is 37.8 Å². The van der Waals surface area contributed by atoms with Gasteiger partial charge in [0.15, 0.2) is 0 Å². The molecule has 0 atom stereocenters. The molecule has 55 heavy (non-hydrogen) atoms. The first-order valence-corrected chi connectivity index (χ1v) is 32.4. The molecule has 0 saturated carbocycles. The summed E-state index contributed by atoms with van der Waals surface area (Å²) in [6.07, 6.45) is 6.20. The van der Waals surface area contributed by atoms with Crippen LogP contribution in [0.1, 0.15) is 41.5 Å². The first kappa shape index (κ1) is 42.9. The van der Waals surface area contributed by atoms with Gasteiger partial charge in [-0.3, -0.25) is 4.98 Å². The van der Waals surface area contributed by atoms with Crippen LogP contribution in [-0.4, -0.2) is 26.1 Å². The van der Waals surface area contributed by atoms with E-state index in [0.717, 1.165) is 32.5 Å². The Morgan fingerprint density at radius 3 is 1.49 bits per heavy atom. The van der Waals surface area contributed by atoms with Crippen LogP contribution in [0.15, 0.2) is 135 Å². The maximum absolute atomic E-state index is 6.28. The third-order valence-corrected chi connectivity index (χ3v) is 23.3. The Kier molecular flexibility index (Phi) is 15.8. The summed E-state index contributed by atoms with van der Waals surface area (Å²) in [4.78, 5) is 8.24. The molecule has 0 aliphatic heterocycles. The zero-order valence-corrected chi connectivity index (χ0v) is 41.1. The molecule has 0 N–H and O–H groups in total. The van der Waals surface area contributed by atoms with Gasteiger partial charge in [-0.05, 0) is 52.8 Å².